The molecule has 700 valence electrons. The van der Waals surface area contributed by atoms with Crippen LogP contribution in [-0.2, 0) is 99.1 Å². The largest absolute Gasteiger partial charge is 0.493 e. The second-order valence-corrected chi connectivity index (χ2v) is 32.1. The summed E-state index contributed by atoms with van der Waals surface area (Å²) in [7, 11) is 5.88. The van der Waals surface area contributed by atoms with Crippen molar-refractivity contribution in [2.45, 2.75) is 122 Å². The number of hydrogen-bond donors (Lipinski definition) is 8. The van der Waals surface area contributed by atoms with Gasteiger partial charge in [0.25, 0.3) is 17.7 Å². The number of carbonyl (C=O) groups is 14. The molecule has 0 spiro atoms. The van der Waals surface area contributed by atoms with E-state index in [0.717, 1.165) is 29.0 Å². The average Bonchev–Trinajstić information content (AvgIpc) is 1.62. The Morgan fingerprint density at radius 3 is 1.35 bits per heavy atom. The van der Waals surface area contributed by atoms with Gasteiger partial charge in [-0.1, -0.05) is 62.4 Å². The van der Waals surface area contributed by atoms with Crippen molar-refractivity contribution >= 4 is 117 Å². The Bertz CT molecular complexity index is 4550. The Morgan fingerprint density at radius 2 is 0.938 bits per heavy atom. The molecular formula is C90H118N12O26S. The van der Waals surface area contributed by atoms with Gasteiger partial charge in [-0.25, -0.2) is 9.59 Å². The first-order valence-electron chi connectivity index (χ1n) is 42.8. The number of carbonyl (C=O) groups excluding carboxylic acids is 14. The summed E-state index contributed by atoms with van der Waals surface area (Å²) in [6, 6.07) is 15.3. The summed E-state index contributed by atoms with van der Waals surface area (Å²) in [6.07, 6.45) is 0.862. The molecule has 12 amide bonds. The van der Waals surface area contributed by atoms with E-state index in [1.807, 2.05) is 0 Å². The van der Waals surface area contributed by atoms with Crippen molar-refractivity contribution < 1.29 is 124 Å². The minimum absolute atomic E-state index is 0.00265. The van der Waals surface area contributed by atoms with Gasteiger partial charge in [0.1, 0.15) is 36.9 Å². The zero-order valence-electron chi connectivity index (χ0n) is 74.0. The highest BCUT2D eigenvalue weighted by Crippen LogP contribution is 2.43. The van der Waals surface area contributed by atoms with Gasteiger partial charge in [-0.3, -0.25) is 67.3 Å². The molecule has 7 aliphatic rings. The molecule has 39 heteroatoms. The normalized spacial score (nSPS) is 20.9. The molecule has 7 aliphatic heterocycles. The van der Waals surface area contributed by atoms with Gasteiger partial charge in [-0.15, -0.1) is 11.8 Å². The SMILES string of the molecule is C=C1C[C@H]2CN3C(=O)OCc4ccc(cc4)NC(=O)[C@H](CCC(=O)NCCOCCOC)NC(=O)[C@H](C)CC(=O)CCOCCNC(=O)C=C(SC)C(=O)NCCOCCC(=O)C[C@@H](C)C(=O)N[C@@H](CCC(=O)NCCOCCOC)C(=O)Nc4ccc(cc4)COC(=O)N4C[C@@H]5CC(=C)CN5C(=O)c5cc(OC)c(cc54)OCCCOc4cc3c(cc4OC)C(=O)N2C1. The van der Waals surface area contributed by atoms with Gasteiger partial charge in [-0.05, 0) is 79.5 Å². The zero-order chi connectivity index (χ0) is 92.9. The minimum atomic E-state index is -1.26. The maximum atomic E-state index is 14.6. The quantitative estimate of drug-likeness (QED) is 0.0357. The van der Waals surface area contributed by atoms with Crippen LogP contribution in [0.2, 0.25) is 0 Å². The number of nitrogens with one attached hydrogen (secondary N) is 8. The number of ketones is 2. The number of Topliss-reactive ketones (excluding diaryl/α,β-unsaturated/α-hetero) is 2. The second kappa shape index (κ2) is 51.8. The minimum Gasteiger partial charge on any atom is -0.493 e. The number of anilines is 4. The van der Waals surface area contributed by atoms with Crippen LogP contribution < -0.4 is 71.3 Å². The summed E-state index contributed by atoms with van der Waals surface area (Å²) in [5.41, 5.74) is 3.77. The van der Waals surface area contributed by atoms with Crippen molar-refractivity contribution in [2.24, 2.45) is 11.8 Å². The van der Waals surface area contributed by atoms with E-state index in [0.29, 0.717) is 50.4 Å². The monoisotopic (exact) mass is 1810 g/mol. The van der Waals surface area contributed by atoms with Gasteiger partial charge in [0, 0.05) is 140 Å². The smallest absolute Gasteiger partial charge is 0.414 e. The Balaban J connectivity index is 0.912. The molecular weight excluding hydrogens is 1700 g/mol. The highest BCUT2D eigenvalue weighted by Gasteiger charge is 2.43. The van der Waals surface area contributed by atoms with E-state index in [4.69, 9.17) is 56.8 Å². The van der Waals surface area contributed by atoms with E-state index in [9.17, 15) is 67.1 Å². The fraction of sp³-hybridized carbons (Fsp3) is 0.511. The lowest BCUT2D eigenvalue weighted by Gasteiger charge is -2.26. The number of rotatable bonds is 21. The predicted octanol–water partition coefficient (Wildman–Crippen LogP) is 5.87. The predicted molar refractivity (Wildman–Crippen MR) is 474 cm³/mol. The highest BCUT2D eigenvalue weighted by molar-refractivity contribution is 8.03. The molecule has 2 fully saturated rings. The lowest BCUT2D eigenvalue weighted by molar-refractivity contribution is -0.132. The Morgan fingerprint density at radius 1 is 0.512 bits per heavy atom. The molecule has 8 N–H and O–H groups in total. The number of methoxy groups -OCH3 is 4. The molecule has 8 bridgehead atoms. The number of thioether (sulfide) groups is 1. The lowest BCUT2D eigenvalue weighted by Crippen LogP contribution is -2.46. The van der Waals surface area contributed by atoms with Crippen LogP contribution in [-0.4, -0.2) is 283 Å². The van der Waals surface area contributed by atoms with Gasteiger partial charge in [-0.2, -0.15) is 0 Å². The maximum absolute atomic E-state index is 14.6. The van der Waals surface area contributed by atoms with E-state index >= 15 is 0 Å². The van der Waals surface area contributed by atoms with Gasteiger partial charge < -0.3 is 109 Å². The fourth-order valence-corrected chi connectivity index (χ4v) is 15.0. The number of nitrogens with zero attached hydrogens (tertiary/aromatic N) is 4. The topological polar surface area (TPSA) is 459 Å². The molecule has 0 unspecified atom stereocenters. The van der Waals surface area contributed by atoms with Gasteiger partial charge in [0.05, 0.1) is 146 Å². The molecule has 4 aromatic rings. The van der Waals surface area contributed by atoms with Gasteiger partial charge >= 0.3 is 12.2 Å². The van der Waals surface area contributed by atoms with E-state index in [1.54, 1.807) is 64.6 Å². The molecule has 0 aliphatic carbocycles. The van der Waals surface area contributed by atoms with Crippen LogP contribution in [0.4, 0.5) is 32.3 Å². The van der Waals surface area contributed by atoms with Crippen LogP contribution in [0, 0.1) is 11.8 Å². The molecule has 4 aromatic carbocycles. The van der Waals surface area contributed by atoms with Crippen LogP contribution >= 0.6 is 11.8 Å². The van der Waals surface area contributed by atoms with Crippen LogP contribution in [0.3, 0.4) is 0 Å². The molecule has 2 saturated heterocycles. The fourth-order valence-electron chi connectivity index (χ4n) is 14.5. The Labute approximate surface area is 753 Å². The second-order valence-electron chi connectivity index (χ2n) is 31.3. The molecule has 129 heavy (non-hydrogen) atoms. The third kappa shape index (κ3) is 31.1. The Hall–Kier alpha value is -12.0. The van der Waals surface area contributed by atoms with Crippen LogP contribution in [0.5, 0.6) is 23.0 Å². The van der Waals surface area contributed by atoms with Crippen molar-refractivity contribution in [3.8, 4) is 23.0 Å². The summed E-state index contributed by atoms with van der Waals surface area (Å²) < 4.78 is 68.4. The summed E-state index contributed by atoms with van der Waals surface area (Å²) >= 11 is 1.02. The molecule has 7 heterocycles. The number of fused-ring (bicyclic) bond motifs is 4. The molecule has 38 nitrogen and oxygen atoms in total. The first-order chi connectivity index (χ1) is 62.2. The molecule has 0 radical (unpaired) electrons. The van der Waals surface area contributed by atoms with Gasteiger partial charge in [0.2, 0.25) is 41.4 Å². The average molecular weight is 1820 g/mol. The number of ether oxygens (including phenoxy) is 12. The van der Waals surface area contributed by atoms with Crippen LogP contribution in [0.25, 0.3) is 0 Å². The highest BCUT2D eigenvalue weighted by atomic mass is 32.2. The van der Waals surface area contributed by atoms with Crippen molar-refractivity contribution in [3.63, 3.8) is 0 Å². The standard InChI is InChI=1S/C90H118N12O26S/c1-56-41-64-52-101-72-47-76(74(119-7)45-68(72)87(113)99(64)50-56)125-29-10-30-126-77-48-73-69(46-75(77)120-8)88(114)100-51-57(2)42-65(100)53-102(73)90(116)128-55-61-13-17-63(18-14-61)96-85(111)71(20-22-80(106)92-26-35-124-40-38-118-6)98-83(109)59(4)44-67(104)24-32-122-36-28-94-86(112)78(129-9)49-81(107)93-27-33-121-31-23-66(103)43-58(3)82(108)97-70(19-21-79(105)91-25-34-123-39-37-117-5)84(110)95-62-15-11-60(12-16-62)54-127-89(101)115/h11-18,45-49,58-59,64-65,70-71H,1-2,10,19-44,50-55H2,3-9H3,(H,91,105)(H,92,106)(H,93,107)(H,94,112)(H,95,110)(H,96,111)(H,97,108)(H,98,109)/t58-,59-,64+,65+,70+,71+/m1/s1. The first kappa shape index (κ1) is 101. The summed E-state index contributed by atoms with van der Waals surface area (Å²) in [5, 5.41) is 21.8. The molecule has 0 saturated carbocycles. The summed E-state index contributed by atoms with van der Waals surface area (Å²) in [4.78, 5) is 199. The lowest BCUT2D eigenvalue weighted by atomic mass is 10.0. The number of hydrogen-bond acceptors (Lipinski definition) is 27. The number of benzene rings is 4. The maximum Gasteiger partial charge on any atom is 0.414 e. The van der Waals surface area contributed by atoms with E-state index in [1.165, 1.54) is 76.4 Å². The van der Waals surface area contributed by atoms with E-state index in [-0.39, 0.29) is 261 Å². The van der Waals surface area contributed by atoms with Crippen LogP contribution in [0.1, 0.15) is 116 Å². The van der Waals surface area contributed by atoms with Crippen molar-refractivity contribution in [3.05, 3.63) is 130 Å². The zero-order valence-corrected chi connectivity index (χ0v) is 74.8. The van der Waals surface area contributed by atoms with Crippen molar-refractivity contribution in [1.29, 1.82) is 0 Å². The van der Waals surface area contributed by atoms with E-state index < -0.39 is 95.4 Å². The van der Waals surface area contributed by atoms with Crippen molar-refractivity contribution in [1.82, 2.24) is 41.7 Å². The summed E-state index contributed by atoms with van der Waals surface area (Å²) in [6.45, 7) is 13.3. The van der Waals surface area contributed by atoms with Gasteiger partial charge in [0.15, 0.2) is 23.0 Å². The summed E-state index contributed by atoms with van der Waals surface area (Å²) in [5.74, 6) is -7.20. The third-order valence-corrected chi connectivity index (χ3v) is 22.2. The molecule has 0 aromatic heterocycles. The van der Waals surface area contributed by atoms with Crippen LogP contribution in [0.15, 0.2) is 108 Å². The molecule has 11 rings (SSSR count). The number of amides is 12. The third-order valence-electron chi connectivity index (χ3n) is 21.4. The molecule has 6 atom stereocenters. The first-order valence-corrected chi connectivity index (χ1v) is 44.0. The van der Waals surface area contributed by atoms with Crippen molar-refractivity contribution in [2.75, 3.05) is 187 Å². The Kier molecular flexibility index (Phi) is 40.5. The van der Waals surface area contributed by atoms with E-state index in [2.05, 4.69) is 55.7 Å².